The smallest absolute Gasteiger partial charge is 0.203 e. The van der Waals surface area contributed by atoms with Crippen molar-refractivity contribution in [2.75, 3.05) is 42.7 Å². The van der Waals surface area contributed by atoms with Gasteiger partial charge in [-0.2, -0.15) is 0 Å². The van der Waals surface area contributed by atoms with Crippen LogP contribution >= 0.6 is 34.8 Å². The van der Waals surface area contributed by atoms with Crippen LogP contribution in [0.3, 0.4) is 0 Å². The summed E-state index contributed by atoms with van der Waals surface area (Å²) in [4.78, 5) is 43.4. The molecule has 15 heteroatoms. The largest absolute Gasteiger partial charge is 0.493 e. The molecule has 0 saturated heterocycles. The van der Waals surface area contributed by atoms with Gasteiger partial charge in [0.25, 0.3) is 0 Å². The maximum atomic E-state index is 15.4. The van der Waals surface area contributed by atoms with E-state index in [4.69, 9.17) is 63.2 Å². The minimum Gasteiger partial charge on any atom is -0.493 e. The molecule has 0 amide bonds. The molecule has 56 heavy (non-hydrogen) atoms. The highest BCUT2D eigenvalue weighted by Gasteiger charge is 2.59. The summed E-state index contributed by atoms with van der Waals surface area (Å²) in [5.41, 5.74) is -0.445. The van der Waals surface area contributed by atoms with E-state index in [0.29, 0.717) is 28.4 Å². The van der Waals surface area contributed by atoms with Crippen molar-refractivity contribution >= 4 is 46.4 Å². The van der Waals surface area contributed by atoms with Crippen LogP contribution in [0.4, 0.5) is 0 Å². The standard InChI is InChI=1S/C41H38Cl3N3O9/c1-51-27-13-23(14-28(52-2)39(27)55-5)26-17-41(50,25-9-12-33(44)47-20-25)36(38(49)22-8-11-32(43)46-19-22)34(35(26)37(48)21-7-10-31(42)45-18-21)24-15-29(53-3)40(56-6)30(16-24)54-4/h7-16,18-20,26,34-36,50H,17H2,1-6H3. The van der Waals surface area contributed by atoms with Gasteiger partial charge in [-0.3, -0.25) is 9.59 Å². The second kappa shape index (κ2) is 16.9. The van der Waals surface area contributed by atoms with Crippen LogP contribution in [-0.2, 0) is 5.60 Å². The van der Waals surface area contributed by atoms with E-state index in [2.05, 4.69) is 15.0 Å². The van der Waals surface area contributed by atoms with E-state index in [1.54, 1.807) is 36.4 Å². The SMILES string of the molecule is COc1cc(C2CC(O)(c3ccc(Cl)nc3)C(C(=O)c3ccc(Cl)nc3)C(c3cc(OC)c(OC)c(OC)c3)C2C(=O)c2ccc(Cl)nc2)cc(OC)c1OC. The molecule has 5 unspecified atom stereocenters. The van der Waals surface area contributed by atoms with Crippen LogP contribution in [0, 0.1) is 11.8 Å². The van der Waals surface area contributed by atoms with E-state index >= 15 is 9.59 Å². The number of ketones is 2. The molecule has 5 atom stereocenters. The lowest BCUT2D eigenvalue weighted by atomic mass is 9.52. The highest BCUT2D eigenvalue weighted by atomic mass is 35.5. The topological polar surface area (TPSA) is 148 Å². The number of aliphatic hydroxyl groups is 1. The molecule has 1 aliphatic rings. The summed E-state index contributed by atoms with van der Waals surface area (Å²) in [6.45, 7) is 0. The number of aromatic nitrogens is 3. The maximum Gasteiger partial charge on any atom is 0.203 e. The third-order valence-corrected chi connectivity index (χ3v) is 10.9. The Bertz CT molecular complexity index is 2170. The van der Waals surface area contributed by atoms with E-state index in [0.717, 1.165) is 0 Å². The predicted molar refractivity (Wildman–Crippen MR) is 210 cm³/mol. The Morgan fingerprint density at radius 2 is 1.04 bits per heavy atom. The Morgan fingerprint density at radius 1 is 0.607 bits per heavy atom. The summed E-state index contributed by atoms with van der Waals surface area (Å²) in [5, 5.41) is 14.0. The molecule has 0 bridgehead atoms. The number of ether oxygens (including phenoxy) is 6. The fourth-order valence-corrected chi connectivity index (χ4v) is 8.08. The number of carbonyl (C=O) groups is 2. The molecule has 1 saturated carbocycles. The minimum absolute atomic E-state index is 0.141. The Labute approximate surface area is 338 Å². The van der Waals surface area contributed by atoms with Crippen molar-refractivity contribution in [3.63, 3.8) is 0 Å². The summed E-state index contributed by atoms with van der Waals surface area (Å²) >= 11 is 18.6. The summed E-state index contributed by atoms with van der Waals surface area (Å²) in [6, 6.07) is 16.0. The summed E-state index contributed by atoms with van der Waals surface area (Å²) in [6.07, 6.45) is 3.97. The minimum atomic E-state index is -2.03. The van der Waals surface area contributed by atoms with E-state index in [9.17, 15) is 5.11 Å². The van der Waals surface area contributed by atoms with Gasteiger partial charge in [-0.05, 0) is 78.1 Å². The third kappa shape index (κ3) is 7.54. The molecule has 3 aromatic heterocycles. The highest BCUT2D eigenvalue weighted by molar-refractivity contribution is 6.30. The summed E-state index contributed by atoms with van der Waals surface area (Å²) in [7, 11) is 8.82. The number of pyridine rings is 3. The molecule has 6 rings (SSSR count). The molecular formula is C41H38Cl3N3O9. The number of benzene rings is 2. The highest BCUT2D eigenvalue weighted by Crippen LogP contribution is 2.60. The molecule has 3 heterocycles. The fraction of sp³-hybridized carbons (Fsp3) is 0.293. The lowest BCUT2D eigenvalue weighted by Crippen LogP contribution is -2.53. The first-order chi connectivity index (χ1) is 26.9. The second-order valence-electron chi connectivity index (χ2n) is 13.0. The van der Waals surface area contributed by atoms with Gasteiger partial charge in [0.15, 0.2) is 34.6 Å². The van der Waals surface area contributed by atoms with Crippen LogP contribution in [0.25, 0.3) is 0 Å². The van der Waals surface area contributed by atoms with Crippen molar-refractivity contribution in [2.45, 2.75) is 23.9 Å². The second-order valence-corrected chi connectivity index (χ2v) is 14.2. The average molecular weight is 823 g/mol. The first-order valence-electron chi connectivity index (χ1n) is 17.2. The van der Waals surface area contributed by atoms with Crippen LogP contribution in [0.5, 0.6) is 34.5 Å². The molecular weight excluding hydrogens is 785 g/mol. The van der Waals surface area contributed by atoms with Crippen molar-refractivity contribution in [2.24, 2.45) is 11.8 Å². The lowest BCUT2D eigenvalue weighted by molar-refractivity contribution is -0.0693. The van der Waals surface area contributed by atoms with Gasteiger partial charge in [-0.15, -0.1) is 0 Å². The van der Waals surface area contributed by atoms with Gasteiger partial charge in [0.2, 0.25) is 11.5 Å². The zero-order chi connectivity index (χ0) is 40.3. The molecule has 12 nitrogen and oxygen atoms in total. The van der Waals surface area contributed by atoms with Gasteiger partial charge in [0, 0.05) is 47.1 Å². The number of Topliss-reactive ketones (excluding diaryl/α,β-unsaturated/α-hetero) is 2. The first kappa shape index (κ1) is 40.5. The normalized spacial score (nSPS) is 20.5. The van der Waals surface area contributed by atoms with Crippen molar-refractivity contribution in [1.82, 2.24) is 15.0 Å². The number of rotatable bonds is 13. The monoisotopic (exact) mass is 821 g/mol. The van der Waals surface area contributed by atoms with Crippen LogP contribution in [0.2, 0.25) is 15.5 Å². The maximum absolute atomic E-state index is 15.4. The number of hydrogen-bond donors (Lipinski definition) is 1. The van der Waals surface area contributed by atoms with Gasteiger partial charge >= 0.3 is 0 Å². The first-order valence-corrected chi connectivity index (χ1v) is 18.3. The van der Waals surface area contributed by atoms with E-state index in [-0.39, 0.29) is 55.8 Å². The Kier molecular flexibility index (Phi) is 12.2. The van der Waals surface area contributed by atoms with Crippen LogP contribution in [0.15, 0.2) is 79.3 Å². The molecule has 2 aromatic carbocycles. The summed E-state index contributed by atoms with van der Waals surface area (Å²) < 4.78 is 34.4. The molecule has 5 aromatic rings. The zero-order valence-electron chi connectivity index (χ0n) is 31.2. The molecule has 1 aliphatic carbocycles. The summed E-state index contributed by atoms with van der Waals surface area (Å²) in [5.74, 6) is -3.65. The number of halogens is 3. The van der Waals surface area contributed by atoms with Gasteiger partial charge in [-0.1, -0.05) is 40.9 Å². The molecule has 292 valence electrons. The Balaban J connectivity index is 1.76. The lowest BCUT2D eigenvalue weighted by Gasteiger charge is -2.51. The quantitative estimate of drug-likeness (QED) is 0.0905. The van der Waals surface area contributed by atoms with Crippen molar-refractivity contribution in [3.8, 4) is 34.5 Å². The van der Waals surface area contributed by atoms with E-state index in [1.807, 2.05) is 0 Å². The fourth-order valence-electron chi connectivity index (χ4n) is 7.75. The van der Waals surface area contributed by atoms with Gasteiger partial charge in [-0.25, -0.2) is 15.0 Å². The molecule has 1 N–H and O–H groups in total. The predicted octanol–water partition coefficient (Wildman–Crippen LogP) is 8.04. The Morgan fingerprint density at radius 3 is 1.43 bits per heavy atom. The van der Waals surface area contributed by atoms with Gasteiger partial charge in [0.1, 0.15) is 21.1 Å². The number of nitrogens with zero attached hydrogens (tertiary/aromatic N) is 3. The van der Waals surface area contributed by atoms with Crippen LogP contribution < -0.4 is 28.4 Å². The number of carbonyl (C=O) groups excluding carboxylic acids is 2. The molecule has 0 aliphatic heterocycles. The number of methoxy groups -OCH3 is 6. The Hall–Kier alpha value is -5.14. The van der Waals surface area contributed by atoms with Crippen LogP contribution in [-0.4, -0.2) is 74.3 Å². The zero-order valence-corrected chi connectivity index (χ0v) is 33.5. The van der Waals surface area contributed by atoms with Crippen molar-refractivity contribution in [3.05, 3.63) is 123 Å². The molecule has 0 radical (unpaired) electrons. The molecule has 0 spiro atoms. The van der Waals surface area contributed by atoms with Gasteiger partial charge < -0.3 is 33.5 Å². The van der Waals surface area contributed by atoms with E-state index in [1.165, 1.54) is 85.5 Å². The van der Waals surface area contributed by atoms with Crippen LogP contribution in [0.1, 0.15) is 55.7 Å². The average Bonchev–Trinajstić information content (AvgIpc) is 3.22. The third-order valence-electron chi connectivity index (χ3n) is 10.2. The molecule has 1 fully saturated rings. The van der Waals surface area contributed by atoms with Gasteiger partial charge in [0.05, 0.1) is 48.6 Å². The number of hydrogen-bond acceptors (Lipinski definition) is 12. The van der Waals surface area contributed by atoms with Crippen molar-refractivity contribution in [1.29, 1.82) is 0 Å². The van der Waals surface area contributed by atoms with E-state index < -0.39 is 40.8 Å². The van der Waals surface area contributed by atoms with Crippen molar-refractivity contribution < 1.29 is 43.1 Å².